The molecule has 0 aromatic heterocycles. The fourth-order valence-electron chi connectivity index (χ4n) is 1.64. The standard InChI is InChI=1S/C13H18N2O5/c1-9-2-3-10(12(18)19)8-11(9)14-13(20)15(4-6-16)5-7-17/h2-3,8,16-17H,4-7H2,1H3,(H,14,20)(H,18,19). The summed E-state index contributed by atoms with van der Waals surface area (Å²) in [6.07, 6.45) is 0. The summed E-state index contributed by atoms with van der Waals surface area (Å²) in [7, 11) is 0. The predicted molar refractivity (Wildman–Crippen MR) is 72.9 cm³/mol. The first-order valence-corrected chi connectivity index (χ1v) is 6.11. The topological polar surface area (TPSA) is 110 Å². The number of aryl methyl sites for hydroxylation is 1. The van der Waals surface area contributed by atoms with E-state index >= 15 is 0 Å². The second-order valence-corrected chi connectivity index (χ2v) is 4.20. The maximum absolute atomic E-state index is 12.0. The quantitative estimate of drug-likeness (QED) is 0.607. The number of anilines is 1. The van der Waals surface area contributed by atoms with Crippen molar-refractivity contribution in [3.8, 4) is 0 Å². The van der Waals surface area contributed by atoms with Gasteiger partial charge in [-0.1, -0.05) is 6.07 Å². The number of hydrogen-bond acceptors (Lipinski definition) is 4. The number of rotatable bonds is 6. The van der Waals surface area contributed by atoms with Gasteiger partial charge < -0.3 is 25.5 Å². The van der Waals surface area contributed by atoms with E-state index < -0.39 is 12.0 Å². The van der Waals surface area contributed by atoms with Crippen molar-refractivity contribution in [3.05, 3.63) is 29.3 Å². The molecular weight excluding hydrogens is 264 g/mol. The lowest BCUT2D eigenvalue weighted by molar-refractivity contribution is 0.0697. The highest BCUT2D eigenvalue weighted by atomic mass is 16.4. The molecule has 110 valence electrons. The zero-order chi connectivity index (χ0) is 15.1. The van der Waals surface area contributed by atoms with Crippen molar-refractivity contribution in [2.24, 2.45) is 0 Å². The predicted octanol–water partition coefficient (Wildman–Crippen LogP) is 0.512. The molecule has 0 fully saturated rings. The van der Waals surface area contributed by atoms with Crippen LogP contribution in [0.3, 0.4) is 0 Å². The van der Waals surface area contributed by atoms with Crippen molar-refractivity contribution in [2.45, 2.75) is 6.92 Å². The normalized spacial score (nSPS) is 10.2. The summed E-state index contributed by atoms with van der Waals surface area (Å²) in [6, 6.07) is 3.92. The van der Waals surface area contributed by atoms with Crippen LogP contribution in [0.15, 0.2) is 18.2 Å². The summed E-state index contributed by atoms with van der Waals surface area (Å²) >= 11 is 0. The highest BCUT2D eigenvalue weighted by molar-refractivity contribution is 5.94. The lowest BCUT2D eigenvalue weighted by Gasteiger charge is -2.21. The summed E-state index contributed by atoms with van der Waals surface area (Å²) in [5.41, 5.74) is 1.17. The third kappa shape index (κ3) is 4.22. The molecule has 7 nitrogen and oxygen atoms in total. The molecule has 0 spiro atoms. The number of carboxylic acids is 1. The molecule has 4 N–H and O–H groups in total. The molecule has 0 unspecified atom stereocenters. The minimum Gasteiger partial charge on any atom is -0.478 e. The van der Waals surface area contributed by atoms with Gasteiger partial charge in [0.25, 0.3) is 0 Å². The van der Waals surface area contributed by atoms with Gasteiger partial charge in [0.2, 0.25) is 0 Å². The molecule has 1 aromatic carbocycles. The molecule has 7 heteroatoms. The van der Waals surface area contributed by atoms with Gasteiger partial charge in [-0.15, -0.1) is 0 Å². The van der Waals surface area contributed by atoms with Crippen molar-refractivity contribution in [1.29, 1.82) is 0 Å². The van der Waals surface area contributed by atoms with Crippen molar-refractivity contribution in [2.75, 3.05) is 31.6 Å². The molecule has 0 atom stereocenters. The third-order valence-electron chi connectivity index (χ3n) is 2.75. The van der Waals surface area contributed by atoms with Gasteiger partial charge in [0.1, 0.15) is 0 Å². The lowest BCUT2D eigenvalue weighted by atomic mass is 10.1. The fourth-order valence-corrected chi connectivity index (χ4v) is 1.64. The number of hydrogen-bond donors (Lipinski definition) is 4. The summed E-state index contributed by atoms with van der Waals surface area (Å²) < 4.78 is 0. The van der Waals surface area contributed by atoms with Gasteiger partial charge in [-0.3, -0.25) is 0 Å². The molecular formula is C13H18N2O5. The maximum atomic E-state index is 12.0. The molecule has 0 saturated heterocycles. The zero-order valence-corrected chi connectivity index (χ0v) is 11.2. The molecule has 20 heavy (non-hydrogen) atoms. The molecule has 1 rings (SSSR count). The maximum Gasteiger partial charge on any atom is 0.335 e. The van der Waals surface area contributed by atoms with E-state index in [4.69, 9.17) is 15.3 Å². The number of benzene rings is 1. The van der Waals surface area contributed by atoms with Crippen LogP contribution in [-0.4, -0.2) is 58.5 Å². The molecule has 0 aliphatic heterocycles. The molecule has 1 aromatic rings. The van der Waals surface area contributed by atoms with Crippen molar-refractivity contribution < 1.29 is 24.9 Å². The first-order chi connectivity index (χ1) is 9.49. The van der Waals surface area contributed by atoms with Gasteiger partial charge in [0.05, 0.1) is 18.8 Å². The van der Waals surface area contributed by atoms with Gasteiger partial charge in [-0.05, 0) is 24.6 Å². The molecule has 0 aliphatic carbocycles. The lowest BCUT2D eigenvalue weighted by Crippen LogP contribution is -2.39. The van der Waals surface area contributed by atoms with Crippen molar-refractivity contribution >= 4 is 17.7 Å². The first kappa shape index (κ1) is 15.9. The summed E-state index contributed by atoms with van der Waals surface area (Å²) in [5, 5.41) is 29.2. The first-order valence-electron chi connectivity index (χ1n) is 6.11. The Morgan fingerprint density at radius 1 is 1.20 bits per heavy atom. The van der Waals surface area contributed by atoms with Gasteiger partial charge in [-0.25, -0.2) is 9.59 Å². The Bertz CT molecular complexity index is 484. The number of nitrogens with zero attached hydrogens (tertiary/aromatic N) is 1. The summed E-state index contributed by atoms with van der Waals surface area (Å²) in [5.74, 6) is -1.08. The van der Waals surface area contributed by atoms with Gasteiger partial charge >= 0.3 is 12.0 Å². The van der Waals surface area contributed by atoms with Crippen LogP contribution in [0.4, 0.5) is 10.5 Å². The third-order valence-corrected chi connectivity index (χ3v) is 2.75. The largest absolute Gasteiger partial charge is 0.478 e. The molecule has 0 aliphatic rings. The highest BCUT2D eigenvalue weighted by Gasteiger charge is 2.14. The smallest absolute Gasteiger partial charge is 0.335 e. The molecule has 0 saturated carbocycles. The fraction of sp³-hybridized carbons (Fsp3) is 0.385. The average molecular weight is 282 g/mol. The van der Waals surface area contributed by atoms with Crippen LogP contribution in [-0.2, 0) is 0 Å². The number of aliphatic hydroxyl groups excluding tert-OH is 2. The second-order valence-electron chi connectivity index (χ2n) is 4.20. The molecule has 0 bridgehead atoms. The van der Waals surface area contributed by atoms with Crippen LogP contribution in [0, 0.1) is 6.92 Å². The number of aromatic carboxylic acids is 1. The number of amides is 2. The average Bonchev–Trinajstić information content (AvgIpc) is 2.40. The molecule has 2 amide bonds. The number of nitrogens with one attached hydrogen (secondary N) is 1. The summed E-state index contributed by atoms with van der Waals surface area (Å²) in [4.78, 5) is 24.1. The van der Waals surface area contributed by atoms with E-state index in [1.807, 2.05) is 0 Å². The second kappa shape index (κ2) is 7.46. The van der Waals surface area contributed by atoms with E-state index in [0.717, 1.165) is 5.56 Å². The van der Waals surface area contributed by atoms with Gasteiger partial charge in [-0.2, -0.15) is 0 Å². The van der Waals surface area contributed by atoms with Crippen molar-refractivity contribution in [3.63, 3.8) is 0 Å². The van der Waals surface area contributed by atoms with E-state index in [0.29, 0.717) is 5.69 Å². The number of urea groups is 1. The van der Waals surface area contributed by atoms with Gasteiger partial charge in [0.15, 0.2) is 0 Å². The van der Waals surface area contributed by atoms with Crippen LogP contribution in [0.2, 0.25) is 0 Å². The number of aliphatic hydroxyl groups is 2. The minimum absolute atomic E-state index is 0.0711. The SMILES string of the molecule is Cc1ccc(C(=O)O)cc1NC(=O)N(CCO)CCO. The van der Waals surface area contributed by atoms with E-state index in [-0.39, 0.29) is 31.9 Å². The Morgan fingerprint density at radius 3 is 2.30 bits per heavy atom. The van der Waals surface area contributed by atoms with Crippen LogP contribution in [0.1, 0.15) is 15.9 Å². The van der Waals surface area contributed by atoms with Crippen LogP contribution in [0.25, 0.3) is 0 Å². The Hall–Kier alpha value is -2.12. The number of carbonyl (C=O) groups is 2. The van der Waals surface area contributed by atoms with Gasteiger partial charge in [0, 0.05) is 18.8 Å². The zero-order valence-electron chi connectivity index (χ0n) is 11.2. The molecule has 0 radical (unpaired) electrons. The monoisotopic (exact) mass is 282 g/mol. The van der Waals surface area contributed by atoms with Crippen LogP contribution < -0.4 is 5.32 Å². The van der Waals surface area contributed by atoms with E-state index in [9.17, 15) is 9.59 Å². The Balaban J connectivity index is 2.87. The van der Waals surface area contributed by atoms with E-state index in [1.165, 1.54) is 17.0 Å². The number of carboxylic acid groups (broad SMARTS) is 1. The van der Waals surface area contributed by atoms with E-state index in [1.54, 1.807) is 13.0 Å². The van der Waals surface area contributed by atoms with E-state index in [2.05, 4.69) is 5.32 Å². The minimum atomic E-state index is -1.08. The highest BCUT2D eigenvalue weighted by Crippen LogP contribution is 2.17. The number of carbonyl (C=O) groups excluding carboxylic acids is 1. The Labute approximate surface area is 116 Å². The van der Waals surface area contributed by atoms with Crippen molar-refractivity contribution in [1.82, 2.24) is 4.90 Å². The molecule has 0 heterocycles. The van der Waals surface area contributed by atoms with Crippen LogP contribution in [0.5, 0.6) is 0 Å². The Kier molecular flexibility index (Phi) is 5.95. The summed E-state index contributed by atoms with van der Waals surface area (Å²) in [6.45, 7) is 1.47. The Morgan fingerprint density at radius 2 is 1.80 bits per heavy atom. The van der Waals surface area contributed by atoms with Crippen LogP contribution >= 0.6 is 0 Å².